The highest BCUT2D eigenvalue weighted by Gasteiger charge is 1.98. The van der Waals surface area contributed by atoms with E-state index >= 15 is 0 Å². The number of unbranched alkanes of at least 4 members (excludes halogenated alkanes) is 1. The summed E-state index contributed by atoms with van der Waals surface area (Å²) >= 11 is 0. The maximum Gasteiger partial charge on any atom is 0.208 e. The van der Waals surface area contributed by atoms with Gasteiger partial charge in [0, 0.05) is 13.2 Å². The number of aryl methyl sites for hydroxylation is 1. The molecule has 0 spiro atoms. The first kappa shape index (κ1) is 18.1. The molecule has 0 saturated carbocycles. The monoisotopic (exact) mass is 300 g/mol. The number of aromatic nitrogens is 1. The molecule has 1 rings (SSSR count). The van der Waals surface area contributed by atoms with E-state index in [-0.39, 0.29) is 0 Å². The SMILES string of the molecule is CCCCOCCOCCOCCNCc1ncc(C)o1. The second-order valence-corrected chi connectivity index (χ2v) is 4.73. The van der Waals surface area contributed by atoms with Crippen LogP contribution in [-0.4, -0.2) is 51.2 Å². The molecule has 1 N–H and O–H groups in total. The van der Waals surface area contributed by atoms with Crippen LogP contribution in [0.2, 0.25) is 0 Å². The predicted octanol–water partition coefficient (Wildman–Crippen LogP) is 1.92. The zero-order valence-electron chi connectivity index (χ0n) is 13.2. The highest BCUT2D eigenvalue weighted by molar-refractivity contribution is 4.90. The molecular weight excluding hydrogens is 272 g/mol. The van der Waals surface area contributed by atoms with Crippen LogP contribution in [0.5, 0.6) is 0 Å². The summed E-state index contributed by atoms with van der Waals surface area (Å²) in [5.41, 5.74) is 0. The molecule has 1 aromatic rings. The Morgan fingerprint density at radius 3 is 2.33 bits per heavy atom. The number of nitrogens with one attached hydrogen (secondary N) is 1. The van der Waals surface area contributed by atoms with Crippen molar-refractivity contribution in [2.24, 2.45) is 0 Å². The van der Waals surface area contributed by atoms with Crippen molar-refractivity contribution in [3.05, 3.63) is 17.8 Å². The number of hydrogen-bond acceptors (Lipinski definition) is 6. The molecule has 0 aromatic carbocycles. The Kier molecular flexibility index (Phi) is 11.0. The summed E-state index contributed by atoms with van der Waals surface area (Å²) in [6.45, 7) is 9.41. The van der Waals surface area contributed by atoms with Crippen LogP contribution in [0.3, 0.4) is 0 Å². The summed E-state index contributed by atoms with van der Waals surface area (Å²) in [7, 11) is 0. The molecule has 0 aliphatic heterocycles. The van der Waals surface area contributed by atoms with E-state index in [1.54, 1.807) is 6.20 Å². The topological polar surface area (TPSA) is 65.8 Å². The first-order chi connectivity index (χ1) is 10.3. The van der Waals surface area contributed by atoms with Gasteiger partial charge in [-0.3, -0.25) is 0 Å². The molecule has 0 amide bonds. The van der Waals surface area contributed by atoms with Crippen molar-refractivity contribution in [3.63, 3.8) is 0 Å². The lowest BCUT2D eigenvalue weighted by Crippen LogP contribution is -2.20. The summed E-state index contributed by atoms with van der Waals surface area (Å²) in [6.07, 6.45) is 4.00. The normalized spacial score (nSPS) is 11.1. The van der Waals surface area contributed by atoms with Gasteiger partial charge < -0.3 is 23.9 Å². The van der Waals surface area contributed by atoms with Crippen LogP contribution in [0.15, 0.2) is 10.6 Å². The van der Waals surface area contributed by atoms with Crippen LogP contribution >= 0.6 is 0 Å². The Bertz CT molecular complexity index is 344. The summed E-state index contributed by atoms with van der Waals surface area (Å²) in [5.74, 6) is 1.54. The summed E-state index contributed by atoms with van der Waals surface area (Å²) in [5, 5.41) is 3.20. The first-order valence-electron chi connectivity index (χ1n) is 7.68. The van der Waals surface area contributed by atoms with Gasteiger partial charge in [0.05, 0.1) is 45.8 Å². The van der Waals surface area contributed by atoms with Gasteiger partial charge in [0.25, 0.3) is 0 Å². The van der Waals surface area contributed by atoms with Crippen LogP contribution in [0.1, 0.15) is 31.4 Å². The average Bonchev–Trinajstić information content (AvgIpc) is 2.89. The number of hydrogen-bond donors (Lipinski definition) is 1. The minimum atomic E-state index is 0.606. The van der Waals surface area contributed by atoms with E-state index in [9.17, 15) is 0 Å². The molecule has 6 nitrogen and oxygen atoms in total. The van der Waals surface area contributed by atoms with Gasteiger partial charge in [0.15, 0.2) is 0 Å². The van der Waals surface area contributed by atoms with Gasteiger partial charge in [-0.05, 0) is 13.3 Å². The smallest absolute Gasteiger partial charge is 0.208 e. The second-order valence-electron chi connectivity index (χ2n) is 4.73. The van der Waals surface area contributed by atoms with Crippen LogP contribution in [0.4, 0.5) is 0 Å². The third-order valence-corrected chi connectivity index (χ3v) is 2.75. The molecular formula is C15H28N2O4. The molecule has 122 valence electrons. The van der Waals surface area contributed by atoms with E-state index in [1.165, 1.54) is 6.42 Å². The van der Waals surface area contributed by atoms with Crippen molar-refractivity contribution in [3.8, 4) is 0 Å². The summed E-state index contributed by atoms with van der Waals surface area (Å²) < 4.78 is 21.6. The van der Waals surface area contributed by atoms with Gasteiger partial charge >= 0.3 is 0 Å². The van der Waals surface area contributed by atoms with Gasteiger partial charge in [-0.15, -0.1) is 0 Å². The van der Waals surface area contributed by atoms with Crippen molar-refractivity contribution in [2.45, 2.75) is 33.2 Å². The van der Waals surface area contributed by atoms with Crippen LogP contribution in [0.25, 0.3) is 0 Å². The predicted molar refractivity (Wildman–Crippen MR) is 80.3 cm³/mol. The van der Waals surface area contributed by atoms with Crippen LogP contribution in [-0.2, 0) is 20.8 Å². The van der Waals surface area contributed by atoms with Gasteiger partial charge in [0.2, 0.25) is 5.89 Å². The fourth-order valence-electron chi connectivity index (χ4n) is 1.61. The average molecular weight is 300 g/mol. The van der Waals surface area contributed by atoms with Crippen molar-refractivity contribution in [1.29, 1.82) is 0 Å². The Labute approximate surface area is 127 Å². The lowest BCUT2D eigenvalue weighted by molar-refractivity contribution is 0.0146. The molecule has 0 fully saturated rings. The molecule has 1 heterocycles. The van der Waals surface area contributed by atoms with Gasteiger partial charge in [-0.1, -0.05) is 13.3 Å². The van der Waals surface area contributed by atoms with E-state index in [0.717, 1.165) is 25.3 Å². The Morgan fingerprint density at radius 1 is 1.05 bits per heavy atom. The van der Waals surface area contributed by atoms with E-state index in [4.69, 9.17) is 18.6 Å². The van der Waals surface area contributed by atoms with Gasteiger partial charge in [-0.25, -0.2) is 4.98 Å². The molecule has 1 aromatic heterocycles. The van der Waals surface area contributed by atoms with E-state index in [0.29, 0.717) is 45.5 Å². The van der Waals surface area contributed by atoms with Crippen molar-refractivity contribution < 1.29 is 18.6 Å². The van der Waals surface area contributed by atoms with Crippen molar-refractivity contribution >= 4 is 0 Å². The molecule has 0 saturated heterocycles. The highest BCUT2D eigenvalue weighted by atomic mass is 16.5. The zero-order valence-corrected chi connectivity index (χ0v) is 13.2. The molecule has 0 unspecified atom stereocenters. The number of nitrogens with zero attached hydrogens (tertiary/aromatic N) is 1. The maximum absolute atomic E-state index is 5.44. The lowest BCUT2D eigenvalue weighted by Gasteiger charge is -2.07. The summed E-state index contributed by atoms with van der Waals surface area (Å²) in [6, 6.07) is 0. The van der Waals surface area contributed by atoms with E-state index < -0.39 is 0 Å². The molecule has 6 heteroatoms. The van der Waals surface area contributed by atoms with Crippen molar-refractivity contribution in [2.75, 3.05) is 46.2 Å². The Balaban J connectivity index is 1.74. The Morgan fingerprint density at radius 2 is 1.71 bits per heavy atom. The molecule has 0 atom stereocenters. The van der Waals surface area contributed by atoms with E-state index in [1.807, 2.05) is 6.92 Å². The molecule has 0 aliphatic rings. The Hall–Kier alpha value is -0.950. The number of oxazole rings is 1. The van der Waals surface area contributed by atoms with Gasteiger partial charge in [-0.2, -0.15) is 0 Å². The third-order valence-electron chi connectivity index (χ3n) is 2.75. The zero-order chi connectivity index (χ0) is 15.2. The summed E-state index contributed by atoms with van der Waals surface area (Å²) in [4.78, 5) is 4.11. The molecule has 21 heavy (non-hydrogen) atoms. The minimum absolute atomic E-state index is 0.606. The fraction of sp³-hybridized carbons (Fsp3) is 0.800. The minimum Gasteiger partial charge on any atom is -0.445 e. The number of ether oxygens (including phenoxy) is 3. The molecule has 0 bridgehead atoms. The first-order valence-corrected chi connectivity index (χ1v) is 7.68. The van der Waals surface area contributed by atoms with Gasteiger partial charge in [0.1, 0.15) is 5.76 Å². The maximum atomic E-state index is 5.44. The third kappa shape index (κ3) is 10.4. The van der Waals surface area contributed by atoms with E-state index in [2.05, 4.69) is 17.2 Å². The fourth-order valence-corrected chi connectivity index (χ4v) is 1.61. The quantitative estimate of drug-likeness (QED) is 0.530. The van der Waals surface area contributed by atoms with Crippen LogP contribution < -0.4 is 5.32 Å². The molecule has 0 aliphatic carbocycles. The lowest BCUT2D eigenvalue weighted by atomic mass is 10.4. The number of rotatable bonds is 14. The highest BCUT2D eigenvalue weighted by Crippen LogP contribution is 2.00. The van der Waals surface area contributed by atoms with Crippen molar-refractivity contribution in [1.82, 2.24) is 10.3 Å². The largest absolute Gasteiger partial charge is 0.445 e. The standard InChI is InChI=1S/C15H28N2O4/c1-3-4-6-18-8-10-20-11-9-19-7-5-16-13-15-17-12-14(2)21-15/h12,16H,3-11,13H2,1-2H3. The van der Waals surface area contributed by atoms with Crippen LogP contribution in [0, 0.1) is 6.92 Å². The second kappa shape index (κ2) is 12.8. The molecule has 0 radical (unpaired) electrons.